The van der Waals surface area contributed by atoms with E-state index in [1.807, 2.05) is 0 Å². The Hall–Kier alpha value is -0.260. The lowest BCUT2D eigenvalue weighted by Crippen LogP contribution is -2.36. The molecule has 12 heavy (non-hydrogen) atoms. The van der Waals surface area contributed by atoms with E-state index >= 15 is 0 Å². The highest BCUT2D eigenvalue weighted by molar-refractivity contribution is 4.90. The van der Waals surface area contributed by atoms with Gasteiger partial charge in [-0.15, -0.1) is 6.58 Å². The van der Waals surface area contributed by atoms with Crippen LogP contribution in [0, 0.1) is 17.8 Å². The Morgan fingerprint density at radius 1 is 1.25 bits per heavy atom. The SMILES string of the molecule is C=CCCCC1CCC2CC1C2. The second-order valence-electron chi connectivity index (χ2n) is 4.65. The fourth-order valence-electron chi connectivity index (χ4n) is 3.00. The third kappa shape index (κ3) is 1.57. The molecule has 0 amide bonds. The van der Waals surface area contributed by atoms with Crippen molar-refractivity contribution >= 4 is 0 Å². The normalized spacial score (nSPS) is 38.8. The van der Waals surface area contributed by atoms with Crippen LogP contribution in [0.3, 0.4) is 0 Å². The van der Waals surface area contributed by atoms with E-state index in [1.54, 1.807) is 12.8 Å². The average molecular weight is 164 g/mol. The van der Waals surface area contributed by atoms with Gasteiger partial charge in [0.15, 0.2) is 0 Å². The van der Waals surface area contributed by atoms with Gasteiger partial charge in [0.2, 0.25) is 0 Å². The number of hydrogen-bond acceptors (Lipinski definition) is 0. The van der Waals surface area contributed by atoms with E-state index in [2.05, 4.69) is 12.7 Å². The van der Waals surface area contributed by atoms with Crippen molar-refractivity contribution in [2.24, 2.45) is 17.8 Å². The molecule has 2 bridgehead atoms. The van der Waals surface area contributed by atoms with E-state index in [1.165, 1.54) is 32.1 Å². The average Bonchev–Trinajstić information content (AvgIpc) is 2.04. The molecule has 3 saturated carbocycles. The minimum atomic E-state index is 1.09. The van der Waals surface area contributed by atoms with Gasteiger partial charge in [-0.1, -0.05) is 12.5 Å². The summed E-state index contributed by atoms with van der Waals surface area (Å²) in [5, 5.41) is 0. The lowest BCUT2D eigenvalue weighted by atomic mass is 9.59. The largest absolute Gasteiger partial charge is 0.103 e. The molecule has 3 aliphatic carbocycles. The molecule has 68 valence electrons. The second kappa shape index (κ2) is 3.64. The minimum absolute atomic E-state index is 1.09. The fourth-order valence-corrected chi connectivity index (χ4v) is 3.00. The lowest BCUT2D eigenvalue weighted by molar-refractivity contribution is 0.0444. The highest BCUT2D eigenvalue weighted by atomic mass is 14.4. The summed E-state index contributed by atoms with van der Waals surface area (Å²) >= 11 is 0. The summed E-state index contributed by atoms with van der Waals surface area (Å²) in [6.07, 6.45) is 12.4. The predicted octanol–water partition coefficient (Wildman–Crippen LogP) is 3.78. The third-order valence-electron chi connectivity index (χ3n) is 3.87. The van der Waals surface area contributed by atoms with Gasteiger partial charge in [0.25, 0.3) is 0 Å². The predicted molar refractivity (Wildman–Crippen MR) is 53.0 cm³/mol. The van der Waals surface area contributed by atoms with E-state index in [0.717, 1.165) is 17.8 Å². The van der Waals surface area contributed by atoms with Crippen LogP contribution in [0.15, 0.2) is 12.7 Å². The van der Waals surface area contributed by atoms with Crippen LogP contribution in [0.4, 0.5) is 0 Å². The van der Waals surface area contributed by atoms with Crippen LogP contribution in [0.5, 0.6) is 0 Å². The van der Waals surface area contributed by atoms with Gasteiger partial charge in [-0.25, -0.2) is 0 Å². The van der Waals surface area contributed by atoms with Gasteiger partial charge >= 0.3 is 0 Å². The Morgan fingerprint density at radius 2 is 2.08 bits per heavy atom. The molecule has 0 aromatic rings. The zero-order valence-corrected chi connectivity index (χ0v) is 7.97. The summed E-state index contributed by atoms with van der Waals surface area (Å²) in [7, 11) is 0. The van der Waals surface area contributed by atoms with E-state index in [0.29, 0.717) is 0 Å². The van der Waals surface area contributed by atoms with Crippen molar-refractivity contribution in [2.45, 2.75) is 44.9 Å². The molecule has 3 aliphatic rings. The van der Waals surface area contributed by atoms with Crippen LogP contribution in [0.2, 0.25) is 0 Å². The molecule has 0 aliphatic heterocycles. The summed E-state index contributed by atoms with van der Waals surface area (Å²) in [4.78, 5) is 0. The number of rotatable bonds is 4. The monoisotopic (exact) mass is 164 g/mol. The number of unbranched alkanes of at least 4 members (excludes halogenated alkanes) is 1. The summed E-state index contributed by atoms with van der Waals surface area (Å²) in [5.41, 5.74) is 0. The summed E-state index contributed by atoms with van der Waals surface area (Å²) in [6, 6.07) is 0. The molecule has 0 aromatic heterocycles. The van der Waals surface area contributed by atoms with Gasteiger partial charge in [0.1, 0.15) is 0 Å². The molecule has 0 N–H and O–H groups in total. The van der Waals surface area contributed by atoms with E-state index in [-0.39, 0.29) is 0 Å². The third-order valence-corrected chi connectivity index (χ3v) is 3.87. The van der Waals surface area contributed by atoms with Gasteiger partial charge in [-0.05, 0) is 56.3 Å². The molecule has 0 aromatic carbocycles. The van der Waals surface area contributed by atoms with Crippen molar-refractivity contribution in [1.29, 1.82) is 0 Å². The van der Waals surface area contributed by atoms with Gasteiger partial charge in [0.05, 0.1) is 0 Å². The van der Waals surface area contributed by atoms with Crippen molar-refractivity contribution in [1.82, 2.24) is 0 Å². The molecular formula is C12H20. The number of hydrogen-bond donors (Lipinski definition) is 0. The molecular weight excluding hydrogens is 144 g/mol. The van der Waals surface area contributed by atoms with E-state index in [9.17, 15) is 0 Å². The van der Waals surface area contributed by atoms with Crippen molar-refractivity contribution in [3.05, 3.63) is 12.7 Å². The first kappa shape index (κ1) is 8.34. The lowest BCUT2D eigenvalue weighted by Gasteiger charge is -2.47. The molecule has 0 heteroatoms. The smallest absolute Gasteiger partial charge is 0.0353 e. The van der Waals surface area contributed by atoms with E-state index in [4.69, 9.17) is 0 Å². The number of fused-ring (bicyclic) bond motifs is 2. The first-order valence-electron chi connectivity index (χ1n) is 5.51. The molecule has 1 atom stereocenters. The van der Waals surface area contributed by atoms with Crippen molar-refractivity contribution in [2.75, 3.05) is 0 Å². The molecule has 3 rings (SSSR count). The summed E-state index contributed by atoms with van der Waals surface area (Å²) < 4.78 is 0. The zero-order valence-electron chi connectivity index (χ0n) is 7.97. The maximum absolute atomic E-state index is 3.77. The van der Waals surface area contributed by atoms with Crippen LogP contribution >= 0.6 is 0 Å². The second-order valence-corrected chi connectivity index (χ2v) is 4.65. The first-order chi connectivity index (χ1) is 5.90. The maximum atomic E-state index is 3.77. The van der Waals surface area contributed by atoms with Crippen LogP contribution < -0.4 is 0 Å². The molecule has 0 heterocycles. The highest BCUT2D eigenvalue weighted by Crippen LogP contribution is 2.50. The molecule has 0 nitrogen and oxygen atoms in total. The molecule has 0 saturated heterocycles. The van der Waals surface area contributed by atoms with Gasteiger partial charge in [-0.2, -0.15) is 0 Å². The Labute approximate surface area is 76.1 Å². The van der Waals surface area contributed by atoms with Crippen LogP contribution in [-0.2, 0) is 0 Å². The zero-order chi connectivity index (χ0) is 8.39. The van der Waals surface area contributed by atoms with Crippen molar-refractivity contribution in [3.63, 3.8) is 0 Å². The fraction of sp³-hybridized carbons (Fsp3) is 0.833. The van der Waals surface area contributed by atoms with Crippen LogP contribution in [0.1, 0.15) is 44.9 Å². The summed E-state index contributed by atoms with van der Waals surface area (Å²) in [6.45, 7) is 3.77. The highest BCUT2D eigenvalue weighted by Gasteiger charge is 2.38. The standard InChI is InChI=1S/C12H20/c1-2-3-4-5-11-7-6-10-8-12(11)9-10/h2,10-12H,1,3-9H2. The van der Waals surface area contributed by atoms with Crippen molar-refractivity contribution < 1.29 is 0 Å². The quantitative estimate of drug-likeness (QED) is 0.438. The molecule has 0 radical (unpaired) electrons. The molecule has 3 fully saturated rings. The van der Waals surface area contributed by atoms with Gasteiger partial charge in [0, 0.05) is 0 Å². The first-order valence-corrected chi connectivity index (χ1v) is 5.51. The molecule has 0 spiro atoms. The van der Waals surface area contributed by atoms with E-state index < -0.39 is 0 Å². The topological polar surface area (TPSA) is 0 Å². The Bertz CT molecular complexity index is 151. The maximum Gasteiger partial charge on any atom is -0.0353 e. The Morgan fingerprint density at radius 3 is 2.67 bits per heavy atom. The van der Waals surface area contributed by atoms with Crippen molar-refractivity contribution in [3.8, 4) is 0 Å². The van der Waals surface area contributed by atoms with Crippen LogP contribution in [0.25, 0.3) is 0 Å². The summed E-state index contributed by atoms with van der Waals surface area (Å²) in [5.74, 6) is 3.37. The Kier molecular flexibility index (Phi) is 2.53. The van der Waals surface area contributed by atoms with Gasteiger partial charge < -0.3 is 0 Å². The number of allylic oxidation sites excluding steroid dienone is 1. The minimum Gasteiger partial charge on any atom is -0.103 e. The van der Waals surface area contributed by atoms with Gasteiger partial charge in [-0.3, -0.25) is 0 Å². The Balaban J connectivity index is 1.69. The van der Waals surface area contributed by atoms with Crippen LogP contribution in [-0.4, -0.2) is 0 Å². The molecule has 1 unspecified atom stereocenters.